The van der Waals surface area contributed by atoms with E-state index in [-0.39, 0.29) is 36.5 Å². The van der Waals surface area contributed by atoms with E-state index in [0.29, 0.717) is 13.1 Å². The second-order valence-electron chi connectivity index (χ2n) is 8.23. The summed E-state index contributed by atoms with van der Waals surface area (Å²) in [6.45, 7) is 6.93. The van der Waals surface area contributed by atoms with Gasteiger partial charge in [0.15, 0.2) is 12.2 Å². The van der Waals surface area contributed by atoms with Crippen molar-refractivity contribution in [3.05, 3.63) is 20.8 Å². The number of aromatic amines is 1. The Labute approximate surface area is 171 Å². The van der Waals surface area contributed by atoms with Crippen molar-refractivity contribution < 1.29 is 14.4 Å². The van der Waals surface area contributed by atoms with E-state index in [4.69, 9.17) is 10.5 Å². The van der Waals surface area contributed by atoms with Crippen LogP contribution in [0.15, 0.2) is 9.59 Å². The number of hydrogen-bond acceptors (Lipinski definition) is 5. The smallest absolute Gasteiger partial charge is 0.330 e. The van der Waals surface area contributed by atoms with Gasteiger partial charge in [-0.15, -0.1) is 0 Å². The molecule has 1 amide bonds. The van der Waals surface area contributed by atoms with Crippen molar-refractivity contribution in [2.75, 3.05) is 50.5 Å². The first-order chi connectivity index (χ1) is 13.8. The van der Waals surface area contributed by atoms with Crippen molar-refractivity contribution >= 4 is 17.4 Å². The number of nitrogens with zero attached hydrogens (tertiary/aromatic N) is 2. The fourth-order valence-corrected chi connectivity index (χ4v) is 3.82. The maximum absolute atomic E-state index is 13.2. The average molecular weight is 411 g/mol. The van der Waals surface area contributed by atoms with Gasteiger partial charge in [0.05, 0.1) is 19.7 Å². The Morgan fingerprint density at radius 2 is 1.83 bits per heavy atom. The number of rotatable bonds is 8. The summed E-state index contributed by atoms with van der Waals surface area (Å²) in [7, 11) is 1.54. The van der Waals surface area contributed by atoms with Crippen LogP contribution < -0.4 is 26.8 Å². The lowest BCUT2D eigenvalue weighted by Gasteiger charge is -2.27. The van der Waals surface area contributed by atoms with Crippen LogP contribution >= 0.6 is 0 Å². The predicted molar refractivity (Wildman–Crippen MR) is 113 cm³/mol. The first-order valence-corrected chi connectivity index (χ1v) is 10.6. The van der Waals surface area contributed by atoms with Crippen molar-refractivity contribution in [1.82, 2.24) is 9.55 Å². The number of methoxy groups -OCH3 is 1. The molecule has 9 heteroatoms. The highest BCUT2D eigenvalue weighted by Gasteiger charge is 2.27. The zero-order valence-electron chi connectivity index (χ0n) is 18.0. The van der Waals surface area contributed by atoms with E-state index in [1.54, 1.807) is 7.11 Å². The molecule has 0 atom stereocenters. The van der Waals surface area contributed by atoms with Crippen LogP contribution in [0.4, 0.5) is 11.5 Å². The van der Waals surface area contributed by atoms with Crippen LogP contribution in [0, 0.1) is 5.92 Å². The number of anilines is 2. The molecule has 1 fully saturated rings. The SMILES string of the molecule is COCCN(C(=O)C[NH+]1CCCCCCC1)c1c(N)n(CC(C)C)c(=O)[nH]c1=O. The van der Waals surface area contributed by atoms with Gasteiger partial charge in [0.25, 0.3) is 11.5 Å². The van der Waals surface area contributed by atoms with E-state index >= 15 is 0 Å². The summed E-state index contributed by atoms with van der Waals surface area (Å²) in [5, 5.41) is 0. The van der Waals surface area contributed by atoms with Crippen LogP contribution in [0.5, 0.6) is 0 Å². The van der Waals surface area contributed by atoms with E-state index in [9.17, 15) is 14.4 Å². The molecule has 1 aromatic heterocycles. The number of nitrogens with two attached hydrogens (primary N) is 1. The van der Waals surface area contributed by atoms with Crippen LogP contribution in [0.3, 0.4) is 0 Å². The van der Waals surface area contributed by atoms with Crippen molar-refractivity contribution in [3.8, 4) is 0 Å². The number of nitrogens with one attached hydrogen (secondary N) is 2. The Morgan fingerprint density at radius 3 is 2.41 bits per heavy atom. The lowest BCUT2D eigenvalue weighted by molar-refractivity contribution is -0.892. The summed E-state index contributed by atoms with van der Waals surface area (Å²) in [5.74, 6) is 0.00602. The highest BCUT2D eigenvalue weighted by atomic mass is 16.5. The normalized spacial score (nSPS) is 15.9. The van der Waals surface area contributed by atoms with Gasteiger partial charge in [-0.05, 0) is 31.6 Å². The first-order valence-electron chi connectivity index (χ1n) is 10.6. The topological polar surface area (TPSA) is 115 Å². The van der Waals surface area contributed by atoms with E-state index in [1.165, 1.54) is 33.6 Å². The molecule has 29 heavy (non-hydrogen) atoms. The van der Waals surface area contributed by atoms with E-state index in [1.807, 2.05) is 13.8 Å². The molecular formula is C20H36N5O4+. The Hall–Kier alpha value is -2.13. The largest absolute Gasteiger partial charge is 0.383 e. The Morgan fingerprint density at radius 1 is 1.21 bits per heavy atom. The standard InChI is InChI=1S/C20H35N5O4/c1-15(2)13-25-18(21)17(19(27)22-20(25)28)24(11-12-29-3)16(26)14-23-9-7-5-4-6-8-10-23/h15H,4-14,21H2,1-3H3,(H,22,27,28)/p+1. The molecule has 0 unspecified atom stereocenters. The Balaban J connectivity index is 2.34. The van der Waals surface area contributed by atoms with Crippen LogP contribution in [0.2, 0.25) is 0 Å². The van der Waals surface area contributed by atoms with Gasteiger partial charge in [0.1, 0.15) is 5.82 Å². The molecule has 2 heterocycles. The number of aromatic nitrogens is 2. The fourth-order valence-electron chi connectivity index (χ4n) is 3.82. The lowest BCUT2D eigenvalue weighted by atomic mass is 10.1. The Kier molecular flexibility index (Phi) is 8.91. The summed E-state index contributed by atoms with van der Waals surface area (Å²) >= 11 is 0. The highest BCUT2D eigenvalue weighted by molar-refractivity contribution is 5.96. The van der Waals surface area contributed by atoms with Crippen molar-refractivity contribution in [1.29, 1.82) is 0 Å². The van der Waals surface area contributed by atoms with Crippen LogP contribution in [-0.4, -0.2) is 55.4 Å². The molecule has 9 nitrogen and oxygen atoms in total. The van der Waals surface area contributed by atoms with Crippen LogP contribution in [0.25, 0.3) is 0 Å². The molecule has 1 saturated heterocycles. The zero-order chi connectivity index (χ0) is 21.4. The second-order valence-corrected chi connectivity index (χ2v) is 8.23. The molecule has 1 aliphatic rings. The quantitative estimate of drug-likeness (QED) is 0.540. The molecule has 1 aromatic rings. The predicted octanol–water partition coefficient (Wildman–Crippen LogP) is -0.397. The maximum Gasteiger partial charge on any atom is 0.330 e. The van der Waals surface area contributed by atoms with Gasteiger partial charge in [0, 0.05) is 20.2 Å². The minimum Gasteiger partial charge on any atom is -0.383 e. The first kappa shape index (κ1) is 23.2. The number of hydrogen-bond donors (Lipinski definition) is 3. The molecule has 0 saturated carbocycles. The van der Waals surface area contributed by atoms with Crippen LogP contribution in [0.1, 0.15) is 46.0 Å². The number of carbonyl (C=O) groups excluding carboxylic acids is 1. The minimum absolute atomic E-state index is 0.0274. The number of nitrogen functional groups attached to an aromatic ring is 1. The van der Waals surface area contributed by atoms with Crippen molar-refractivity contribution in [2.45, 2.75) is 52.5 Å². The highest BCUT2D eigenvalue weighted by Crippen LogP contribution is 2.17. The Bertz CT molecular complexity index is 778. The zero-order valence-corrected chi connectivity index (χ0v) is 18.0. The van der Waals surface area contributed by atoms with E-state index in [2.05, 4.69) is 4.98 Å². The van der Waals surface area contributed by atoms with Crippen LogP contribution in [-0.2, 0) is 16.1 Å². The third-order valence-electron chi connectivity index (χ3n) is 5.31. The maximum atomic E-state index is 13.2. The summed E-state index contributed by atoms with van der Waals surface area (Å²) in [5.41, 5.74) is 5.07. The number of H-pyrrole nitrogens is 1. The monoisotopic (exact) mass is 410 g/mol. The molecule has 0 spiro atoms. The molecule has 0 bridgehead atoms. The third kappa shape index (κ3) is 6.43. The van der Waals surface area contributed by atoms with Gasteiger partial charge >= 0.3 is 5.69 Å². The number of likely N-dealkylation sites (tertiary alicyclic amines) is 1. The van der Waals surface area contributed by atoms with Gasteiger partial charge in [-0.25, -0.2) is 4.79 Å². The molecule has 1 aliphatic heterocycles. The lowest BCUT2D eigenvalue weighted by Crippen LogP contribution is -3.13. The molecule has 2 rings (SSSR count). The summed E-state index contributed by atoms with van der Waals surface area (Å²) in [6.07, 6.45) is 5.84. The van der Waals surface area contributed by atoms with Gasteiger partial charge < -0.3 is 15.4 Å². The minimum atomic E-state index is -0.639. The van der Waals surface area contributed by atoms with E-state index in [0.717, 1.165) is 25.9 Å². The fraction of sp³-hybridized carbons (Fsp3) is 0.750. The van der Waals surface area contributed by atoms with Gasteiger partial charge in [0.2, 0.25) is 0 Å². The van der Waals surface area contributed by atoms with Gasteiger partial charge in [-0.1, -0.05) is 20.3 Å². The van der Waals surface area contributed by atoms with Crippen molar-refractivity contribution in [2.24, 2.45) is 5.92 Å². The third-order valence-corrected chi connectivity index (χ3v) is 5.31. The van der Waals surface area contributed by atoms with Gasteiger partial charge in [-0.3, -0.25) is 24.0 Å². The van der Waals surface area contributed by atoms with Crippen molar-refractivity contribution in [3.63, 3.8) is 0 Å². The molecule has 0 aromatic carbocycles. The number of quaternary nitrogens is 1. The van der Waals surface area contributed by atoms with E-state index < -0.39 is 11.2 Å². The molecule has 0 aliphatic carbocycles. The molecule has 4 N–H and O–H groups in total. The second kappa shape index (κ2) is 11.2. The number of amides is 1. The average Bonchev–Trinajstić information content (AvgIpc) is 2.63. The molecular weight excluding hydrogens is 374 g/mol. The number of ether oxygens (including phenoxy) is 1. The molecule has 0 radical (unpaired) electrons. The number of carbonyl (C=O) groups is 1. The van der Waals surface area contributed by atoms with Gasteiger partial charge in [-0.2, -0.15) is 0 Å². The molecule has 164 valence electrons. The summed E-state index contributed by atoms with van der Waals surface area (Å²) in [6, 6.07) is 0. The summed E-state index contributed by atoms with van der Waals surface area (Å²) < 4.78 is 6.48. The summed E-state index contributed by atoms with van der Waals surface area (Å²) in [4.78, 5) is 43.0.